The van der Waals surface area contributed by atoms with E-state index < -0.39 is 0 Å². The first kappa shape index (κ1) is 11.1. The third kappa shape index (κ3) is 2.39. The van der Waals surface area contributed by atoms with Crippen molar-refractivity contribution in [3.63, 3.8) is 0 Å². The maximum Gasteiger partial charge on any atom is 0.116 e. The molecule has 0 amide bonds. The molecule has 0 unspecified atom stereocenters. The topological polar surface area (TPSA) is 25.8 Å². The third-order valence-corrected chi connectivity index (χ3v) is 2.71. The second-order valence-corrected chi connectivity index (χ2v) is 4.07. The van der Waals surface area contributed by atoms with E-state index in [4.69, 9.17) is 11.6 Å². The molecule has 0 bridgehead atoms. The Labute approximate surface area is 100 Å². The molecule has 0 aliphatic carbocycles. The van der Waals surface area contributed by atoms with Crippen LogP contribution in [0.3, 0.4) is 0 Å². The number of halogens is 1. The first-order valence-corrected chi connectivity index (χ1v) is 5.74. The molecule has 1 aromatic heterocycles. The molecule has 0 fully saturated rings. The molecule has 0 spiro atoms. The van der Waals surface area contributed by atoms with Crippen LogP contribution in [0.2, 0.25) is 5.02 Å². The molecule has 0 aliphatic rings. The third-order valence-electron chi connectivity index (χ3n) is 2.43. The fraction of sp³-hybridized carbons (Fsp3) is 0.231. The van der Waals surface area contributed by atoms with Gasteiger partial charge in [0.15, 0.2) is 0 Å². The van der Waals surface area contributed by atoms with Gasteiger partial charge in [0.1, 0.15) is 6.33 Å². The van der Waals surface area contributed by atoms with Crippen molar-refractivity contribution in [2.24, 2.45) is 0 Å². The van der Waals surface area contributed by atoms with Crippen LogP contribution in [0.25, 0.3) is 11.3 Å². The maximum atomic E-state index is 6.03. The van der Waals surface area contributed by atoms with Crippen molar-refractivity contribution in [1.29, 1.82) is 0 Å². The highest BCUT2D eigenvalue weighted by Gasteiger charge is 2.04. The molecule has 2 aromatic rings. The molecule has 1 aromatic carbocycles. The van der Waals surface area contributed by atoms with Crippen molar-refractivity contribution < 1.29 is 0 Å². The summed E-state index contributed by atoms with van der Waals surface area (Å²) in [7, 11) is 0. The lowest BCUT2D eigenvalue weighted by Crippen LogP contribution is -1.88. The molecule has 82 valence electrons. The van der Waals surface area contributed by atoms with Crippen molar-refractivity contribution >= 4 is 11.6 Å². The minimum absolute atomic E-state index is 0.589. The van der Waals surface area contributed by atoms with Gasteiger partial charge in [0.05, 0.1) is 10.7 Å². The van der Waals surface area contributed by atoms with E-state index in [0.29, 0.717) is 5.02 Å². The van der Waals surface area contributed by atoms with E-state index >= 15 is 0 Å². The Hall–Kier alpha value is -1.41. The molecule has 0 saturated heterocycles. The summed E-state index contributed by atoms with van der Waals surface area (Å²) in [5, 5.41) is 0.589. The number of aryl methyl sites for hydroxylation is 1. The van der Waals surface area contributed by atoms with Crippen molar-refractivity contribution in [3.8, 4) is 11.3 Å². The van der Waals surface area contributed by atoms with E-state index in [9.17, 15) is 0 Å². The van der Waals surface area contributed by atoms with Crippen LogP contribution >= 0.6 is 11.6 Å². The molecular formula is C13H13ClN2. The highest BCUT2D eigenvalue weighted by molar-refractivity contribution is 6.32. The summed E-state index contributed by atoms with van der Waals surface area (Å²) < 4.78 is 0. The van der Waals surface area contributed by atoms with Crippen LogP contribution in [-0.2, 0) is 6.42 Å². The van der Waals surface area contributed by atoms with Gasteiger partial charge in [-0.1, -0.05) is 49.2 Å². The summed E-state index contributed by atoms with van der Waals surface area (Å²) in [6.45, 7) is 2.18. The SMILES string of the molecule is CCCc1ccc(-c2ncncc2Cl)cc1. The van der Waals surface area contributed by atoms with Gasteiger partial charge in [-0.05, 0) is 12.0 Å². The smallest absolute Gasteiger partial charge is 0.116 e. The Morgan fingerprint density at radius 3 is 2.56 bits per heavy atom. The number of hydrogen-bond acceptors (Lipinski definition) is 2. The fourth-order valence-corrected chi connectivity index (χ4v) is 1.86. The van der Waals surface area contributed by atoms with E-state index in [0.717, 1.165) is 24.1 Å². The molecular weight excluding hydrogens is 220 g/mol. The van der Waals surface area contributed by atoms with E-state index in [1.165, 1.54) is 11.9 Å². The molecule has 0 N–H and O–H groups in total. The van der Waals surface area contributed by atoms with Gasteiger partial charge in [-0.25, -0.2) is 9.97 Å². The Kier molecular flexibility index (Phi) is 3.52. The summed E-state index contributed by atoms with van der Waals surface area (Å²) in [5.74, 6) is 0. The Bertz CT molecular complexity index is 466. The molecule has 16 heavy (non-hydrogen) atoms. The first-order chi connectivity index (χ1) is 7.81. The Balaban J connectivity index is 2.31. The normalized spacial score (nSPS) is 10.4. The average molecular weight is 233 g/mol. The average Bonchev–Trinajstić information content (AvgIpc) is 2.31. The predicted octanol–water partition coefficient (Wildman–Crippen LogP) is 3.75. The van der Waals surface area contributed by atoms with Gasteiger partial charge < -0.3 is 0 Å². The van der Waals surface area contributed by atoms with Crippen LogP contribution in [0.15, 0.2) is 36.8 Å². The zero-order chi connectivity index (χ0) is 11.4. The van der Waals surface area contributed by atoms with Gasteiger partial charge in [-0.3, -0.25) is 0 Å². The standard InChI is InChI=1S/C13H13ClN2/c1-2-3-10-4-6-11(7-5-10)13-12(14)8-15-9-16-13/h4-9H,2-3H2,1H3. The monoisotopic (exact) mass is 232 g/mol. The van der Waals surface area contributed by atoms with Crippen LogP contribution in [0, 0.1) is 0 Å². The van der Waals surface area contributed by atoms with Crippen LogP contribution in [0.1, 0.15) is 18.9 Å². The number of rotatable bonds is 3. The lowest BCUT2D eigenvalue weighted by atomic mass is 10.1. The fourth-order valence-electron chi connectivity index (χ4n) is 1.64. The molecule has 2 nitrogen and oxygen atoms in total. The van der Waals surface area contributed by atoms with Crippen LogP contribution in [0.5, 0.6) is 0 Å². The number of benzene rings is 1. The van der Waals surface area contributed by atoms with Crippen LogP contribution < -0.4 is 0 Å². The van der Waals surface area contributed by atoms with Gasteiger partial charge in [-0.15, -0.1) is 0 Å². The van der Waals surface area contributed by atoms with E-state index in [1.54, 1.807) is 6.20 Å². The summed E-state index contributed by atoms with van der Waals surface area (Å²) in [6, 6.07) is 8.35. The van der Waals surface area contributed by atoms with Gasteiger partial charge in [-0.2, -0.15) is 0 Å². The lowest BCUT2D eigenvalue weighted by Gasteiger charge is -2.04. The number of aromatic nitrogens is 2. The molecule has 0 atom stereocenters. The van der Waals surface area contributed by atoms with Gasteiger partial charge in [0, 0.05) is 11.8 Å². The van der Waals surface area contributed by atoms with E-state index in [2.05, 4.69) is 41.2 Å². The zero-order valence-electron chi connectivity index (χ0n) is 9.15. The van der Waals surface area contributed by atoms with Gasteiger partial charge >= 0.3 is 0 Å². The number of nitrogens with zero attached hydrogens (tertiary/aromatic N) is 2. The highest BCUT2D eigenvalue weighted by Crippen LogP contribution is 2.24. The summed E-state index contributed by atoms with van der Waals surface area (Å²) in [4.78, 5) is 8.06. The number of hydrogen-bond donors (Lipinski definition) is 0. The van der Waals surface area contributed by atoms with Crippen molar-refractivity contribution in [1.82, 2.24) is 9.97 Å². The Morgan fingerprint density at radius 2 is 1.94 bits per heavy atom. The Morgan fingerprint density at radius 1 is 1.19 bits per heavy atom. The second kappa shape index (κ2) is 5.08. The van der Waals surface area contributed by atoms with Gasteiger partial charge in [0.25, 0.3) is 0 Å². The highest BCUT2D eigenvalue weighted by atomic mass is 35.5. The molecule has 3 heteroatoms. The van der Waals surface area contributed by atoms with Gasteiger partial charge in [0.2, 0.25) is 0 Å². The minimum Gasteiger partial charge on any atom is -0.243 e. The van der Waals surface area contributed by atoms with E-state index in [-0.39, 0.29) is 0 Å². The first-order valence-electron chi connectivity index (χ1n) is 5.36. The van der Waals surface area contributed by atoms with E-state index in [1.807, 2.05) is 0 Å². The lowest BCUT2D eigenvalue weighted by molar-refractivity contribution is 0.922. The van der Waals surface area contributed by atoms with Crippen molar-refractivity contribution in [3.05, 3.63) is 47.4 Å². The largest absolute Gasteiger partial charge is 0.243 e. The predicted molar refractivity (Wildman–Crippen MR) is 66.5 cm³/mol. The van der Waals surface area contributed by atoms with Crippen LogP contribution in [0.4, 0.5) is 0 Å². The van der Waals surface area contributed by atoms with Crippen molar-refractivity contribution in [2.75, 3.05) is 0 Å². The summed E-state index contributed by atoms with van der Waals surface area (Å²) in [5.41, 5.74) is 3.17. The molecule has 0 aliphatic heterocycles. The molecule has 2 rings (SSSR count). The molecule has 1 heterocycles. The summed E-state index contributed by atoms with van der Waals surface area (Å²) >= 11 is 6.03. The molecule has 0 saturated carbocycles. The minimum atomic E-state index is 0.589. The second-order valence-electron chi connectivity index (χ2n) is 3.67. The van der Waals surface area contributed by atoms with Crippen LogP contribution in [-0.4, -0.2) is 9.97 Å². The zero-order valence-corrected chi connectivity index (χ0v) is 9.91. The van der Waals surface area contributed by atoms with Crippen molar-refractivity contribution in [2.45, 2.75) is 19.8 Å². The summed E-state index contributed by atoms with van der Waals surface area (Å²) in [6.07, 6.45) is 5.40. The molecule has 0 radical (unpaired) electrons. The quantitative estimate of drug-likeness (QED) is 0.806. The maximum absolute atomic E-state index is 6.03.